The van der Waals surface area contributed by atoms with Gasteiger partial charge < -0.3 is 5.11 Å². The minimum Gasteiger partial charge on any atom is -0.481 e. The van der Waals surface area contributed by atoms with E-state index in [1.165, 1.54) is 19.1 Å². The number of benzene rings is 2. The van der Waals surface area contributed by atoms with Crippen molar-refractivity contribution in [1.82, 2.24) is 9.78 Å². The normalized spacial score (nSPS) is 27.6. The lowest BCUT2D eigenvalue weighted by Crippen LogP contribution is -2.52. The average Bonchev–Trinajstić information content (AvgIpc) is 3.08. The highest BCUT2D eigenvalue weighted by Gasteiger charge is 2.61. The van der Waals surface area contributed by atoms with Crippen molar-refractivity contribution in [3.63, 3.8) is 0 Å². The second-order valence-electron chi connectivity index (χ2n) is 9.73. The van der Waals surface area contributed by atoms with Crippen LogP contribution in [0.3, 0.4) is 0 Å². The fraction of sp³-hybridized carbons (Fsp3) is 0.440. The number of carboxylic acids is 1. The number of nitrogens with zero attached hydrogens (tertiary/aromatic N) is 2. The Kier molecular flexibility index (Phi) is 4.85. The Labute approximate surface area is 188 Å². The van der Waals surface area contributed by atoms with Gasteiger partial charge >= 0.3 is 12.1 Å². The van der Waals surface area contributed by atoms with Crippen LogP contribution in [-0.4, -0.2) is 27.0 Å². The number of aromatic nitrogens is 2. The van der Waals surface area contributed by atoms with E-state index in [0.29, 0.717) is 35.9 Å². The van der Waals surface area contributed by atoms with Crippen LogP contribution in [0, 0.1) is 17.2 Å². The number of hydrogen-bond acceptors (Lipinski definition) is 2. The van der Waals surface area contributed by atoms with Gasteiger partial charge in [0, 0.05) is 5.39 Å². The molecule has 33 heavy (non-hydrogen) atoms. The SMILES string of the molecule is C[C@]1(C(F)(F)F)CC[C@@]2(C(=O)O)c3cc4cnn(-c5ccc(F)cc5)c4cc3CCC[C@@H]2C1. The maximum absolute atomic E-state index is 13.8. The van der Waals surface area contributed by atoms with Crippen molar-refractivity contribution in [2.45, 2.75) is 57.0 Å². The third-order valence-corrected chi connectivity index (χ3v) is 7.87. The topological polar surface area (TPSA) is 55.1 Å². The summed E-state index contributed by atoms with van der Waals surface area (Å²) < 4.78 is 56.5. The van der Waals surface area contributed by atoms with E-state index in [0.717, 1.165) is 11.1 Å². The van der Waals surface area contributed by atoms with Crippen LogP contribution < -0.4 is 0 Å². The molecule has 1 fully saturated rings. The Morgan fingerprint density at radius 3 is 2.58 bits per heavy atom. The maximum Gasteiger partial charge on any atom is 0.394 e. The first-order valence-electron chi connectivity index (χ1n) is 11.1. The number of rotatable bonds is 2. The van der Waals surface area contributed by atoms with Gasteiger partial charge in [-0.1, -0.05) is 6.92 Å². The molecular weight excluding hydrogens is 436 g/mol. The third-order valence-electron chi connectivity index (χ3n) is 7.87. The van der Waals surface area contributed by atoms with E-state index >= 15 is 0 Å². The highest BCUT2D eigenvalue weighted by molar-refractivity contribution is 5.88. The van der Waals surface area contributed by atoms with Gasteiger partial charge in [0.1, 0.15) is 5.82 Å². The quantitative estimate of drug-likeness (QED) is 0.464. The molecule has 1 saturated carbocycles. The predicted octanol–water partition coefficient (Wildman–Crippen LogP) is 6.19. The highest BCUT2D eigenvalue weighted by atomic mass is 19.4. The first-order valence-corrected chi connectivity index (χ1v) is 11.1. The monoisotopic (exact) mass is 460 g/mol. The molecule has 0 aliphatic heterocycles. The molecule has 1 N–H and O–H groups in total. The number of halogens is 4. The van der Waals surface area contributed by atoms with Crippen molar-refractivity contribution in [2.24, 2.45) is 11.3 Å². The zero-order valence-corrected chi connectivity index (χ0v) is 18.1. The fourth-order valence-electron chi connectivity index (χ4n) is 5.92. The molecule has 2 aliphatic carbocycles. The first kappa shape index (κ1) is 21.9. The average molecular weight is 460 g/mol. The second kappa shape index (κ2) is 7.30. The summed E-state index contributed by atoms with van der Waals surface area (Å²) in [4.78, 5) is 12.7. The third kappa shape index (κ3) is 3.25. The molecule has 0 saturated heterocycles. The van der Waals surface area contributed by atoms with Crippen LogP contribution in [0.5, 0.6) is 0 Å². The Morgan fingerprint density at radius 2 is 1.91 bits per heavy atom. The number of carboxylic acid groups (broad SMARTS) is 1. The van der Waals surface area contributed by atoms with Gasteiger partial charge in [-0.15, -0.1) is 0 Å². The molecule has 3 atom stereocenters. The van der Waals surface area contributed by atoms with E-state index < -0.39 is 28.9 Å². The lowest BCUT2D eigenvalue weighted by atomic mass is 9.55. The number of aliphatic carboxylic acids is 1. The number of hydrogen-bond donors (Lipinski definition) is 1. The number of aryl methyl sites for hydroxylation is 1. The standard InChI is InChI=1S/C25H24F4N2O2/c1-23(25(27,28)29)9-10-24(22(32)33)17(13-23)4-2-3-15-12-21-16(11-20(15)24)14-30-31(21)19-7-5-18(26)6-8-19/h5-8,11-12,14,17H,2-4,9-10,13H2,1H3,(H,32,33)/t17-,23+,24+/m1/s1. The lowest BCUT2D eigenvalue weighted by molar-refractivity contribution is -0.238. The Hall–Kier alpha value is -2.90. The van der Waals surface area contributed by atoms with Gasteiger partial charge in [0.15, 0.2) is 0 Å². The molecule has 0 bridgehead atoms. The Bertz CT molecular complexity index is 1230. The van der Waals surface area contributed by atoms with Crippen LogP contribution in [0.15, 0.2) is 42.6 Å². The maximum atomic E-state index is 13.8. The molecule has 2 aliphatic rings. The van der Waals surface area contributed by atoms with Crippen LogP contribution in [0.2, 0.25) is 0 Å². The van der Waals surface area contributed by atoms with Crippen molar-refractivity contribution in [2.75, 3.05) is 0 Å². The summed E-state index contributed by atoms with van der Waals surface area (Å²) in [5.41, 5.74) is -0.332. The van der Waals surface area contributed by atoms with Crippen molar-refractivity contribution >= 4 is 16.9 Å². The smallest absolute Gasteiger partial charge is 0.394 e. The van der Waals surface area contributed by atoms with Gasteiger partial charge in [0.05, 0.1) is 28.2 Å². The van der Waals surface area contributed by atoms with Gasteiger partial charge in [-0.3, -0.25) is 4.79 Å². The predicted molar refractivity (Wildman–Crippen MR) is 115 cm³/mol. The van der Waals surface area contributed by atoms with Crippen LogP contribution in [-0.2, 0) is 16.6 Å². The van der Waals surface area contributed by atoms with E-state index in [-0.39, 0.29) is 25.1 Å². The van der Waals surface area contributed by atoms with E-state index in [2.05, 4.69) is 5.10 Å². The molecule has 0 amide bonds. The van der Waals surface area contributed by atoms with E-state index in [9.17, 15) is 27.5 Å². The number of fused-ring (bicyclic) bond motifs is 4. The zero-order chi connectivity index (χ0) is 23.6. The summed E-state index contributed by atoms with van der Waals surface area (Å²) in [7, 11) is 0. The molecule has 174 valence electrons. The van der Waals surface area contributed by atoms with E-state index in [4.69, 9.17) is 0 Å². The molecule has 1 heterocycles. The number of alkyl halides is 3. The second-order valence-corrected chi connectivity index (χ2v) is 9.73. The summed E-state index contributed by atoms with van der Waals surface area (Å²) in [6.07, 6.45) is -1.55. The minimum absolute atomic E-state index is 0.0480. The summed E-state index contributed by atoms with van der Waals surface area (Å²) >= 11 is 0. The van der Waals surface area contributed by atoms with Crippen molar-refractivity contribution < 1.29 is 27.5 Å². The van der Waals surface area contributed by atoms with Gasteiger partial charge in [0.2, 0.25) is 0 Å². The van der Waals surface area contributed by atoms with Gasteiger partial charge in [-0.2, -0.15) is 18.3 Å². The van der Waals surface area contributed by atoms with Crippen LogP contribution >= 0.6 is 0 Å². The lowest BCUT2D eigenvalue weighted by Gasteiger charge is -2.48. The fourth-order valence-corrected chi connectivity index (χ4v) is 5.92. The highest BCUT2D eigenvalue weighted by Crippen LogP contribution is 2.59. The largest absolute Gasteiger partial charge is 0.481 e. The summed E-state index contributed by atoms with van der Waals surface area (Å²) in [6.45, 7) is 1.22. The molecular formula is C25H24F4N2O2. The van der Waals surface area contributed by atoms with Crippen molar-refractivity contribution in [3.05, 3.63) is 59.5 Å². The Balaban J connectivity index is 1.65. The molecule has 5 rings (SSSR count). The van der Waals surface area contributed by atoms with Crippen LogP contribution in [0.4, 0.5) is 17.6 Å². The summed E-state index contributed by atoms with van der Waals surface area (Å²) in [5, 5.41) is 15.5. The van der Waals surface area contributed by atoms with Crippen LogP contribution in [0.25, 0.3) is 16.6 Å². The summed E-state index contributed by atoms with van der Waals surface area (Å²) in [5.74, 6) is -2.01. The van der Waals surface area contributed by atoms with Crippen molar-refractivity contribution in [1.29, 1.82) is 0 Å². The first-order chi connectivity index (χ1) is 15.5. The molecule has 0 radical (unpaired) electrons. The van der Waals surface area contributed by atoms with Crippen LogP contribution in [0.1, 0.15) is 50.2 Å². The summed E-state index contributed by atoms with van der Waals surface area (Å²) in [6, 6.07) is 9.63. The Morgan fingerprint density at radius 1 is 1.18 bits per heavy atom. The molecule has 0 unspecified atom stereocenters. The van der Waals surface area contributed by atoms with E-state index in [1.54, 1.807) is 29.1 Å². The molecule has 8 heteroatoms. The van der Waals surface area contributed by atoms with E-state index in [1.807, 2.05) is 6.07 Å². The molecule has 2 aromatic carbocycles. The molecule has 4 nitrogen and oxygen atoms in total. The number of carbonyl (C=O) groups is 1. The van der Waals surface area contributed by atoms with Gasteiger partial charge in [0.25, 0.3) is 0 Å². The molecule has 3 aromatic rings. The molecule has 0 spiro atoms. The zero-order valence-electron chi connectivity index (χ0n) is 18.1. The minimum atomic E-state index is -4.37. The van der Waals surface area contributed by atoms with Crippen molar-refractivity contribution in [3.8, 4) is 5.69 Å². The van der Waals surface area contributed by atoms with Gasteiger partial charge in [-0.05, 0) is 92.0 Å². The molecule has 1 aromatic heterocycles. The van der Waals surface area contributed by atoms with Gasteiger partial charge in [-0.25, -0.2) is 9.07 Å².